The Balaban J connectivity index is 1.85. The van der Waals surface area contributed by atoms with E-state index in [1.807, 2.05) is 36.6 Å². The molecule has 1 amide bonds. The second-order valence-electron chi connectivity index (χ2n) is 4.99. The molecule has 0 atom stereocenters. The smallest absolute Gasteiger partial charge is 0.250 e. The number of anilines is 2. The van der Waals surface area contributed by atoms with Crippen LogP contribution in [0.5, 0.6) is 0 Å². The van der Waals surface area contributed by atoms with Crippen molar-refractivity contribution in [1.82, 2.24) is 19.9 Å². The fourth-order valence-electron chi connectivity index (χ4n) is 2.17. The van der Waals surface area contributed by atoms with Gasteiger partial charge in [-0.25, -0.2) is 4.52 Å². The first kappa shape index (κ1) is 16.3. The number of carbonyl (C=O) groups is 1. The van der Waals surface area contributed by atoms with Crippen LogP contribution in [0.2, 0.25) is 0 Å². The van der Waals surface area contributed by atoms with E-state index in [1.54, 1.807) is 4.52 Å². The van der Waals surface area contributed by atoms with Gasteiger partial charge in [-0.05, 0) is 31.3 Å². The number of nitrogens with one attached hydrogen (secondary N) is 3. The fourth-order valence-corrected chi connectivity index (χ4v) is 3.23. The monoisotopic (exact) mass is 360 g/mol. The lowest BCUT2D eigenvalue weighted by Crippen LogP contribution is -2.28. The highest BCUT2D eigenvalue weighted by Crippen LogP contribution is 2.26. The molecular weight excluding hydrogens is 344 g/mol. The molecule has 0 bridgehead atoms. The van der Waals surface area contributed by atoms with Crippen molar-refractivity contribution >= 4 is 51.2 Å². The number of nitrogens with zero attached hydrogens (tertiary/aromatic N) is 3. The number of thiocarbonyl (C=S) groups is 1. The number of carbonyl (C=O) groups excluding carboxylic acids is 1. The quantitative estimate of drug-likeness (QED) is 0.621. The molecule has 3 rings (SSSR count). The zero-order chi connectivity index (χ0) is 17.1. The second-order valence-corrected chi connectivity index (χ2v) is 6.24. The maximum absolute atomic E-state index is 11.1. The molecule has 1 aromatic carbocycles. The fraction of sp³-hybridized carbons (Fsp3) is 0.200. The summed E-state index contributed by atoms with van der Waals surface area (Å²) in [5.74, 6) is 0.369. The Morgan fingerprint density at radius 3 is 2.71 bits per heavy atom. The van der Waals surface area contributed by atoms with Crippen LogP contribution >= 0.6 is 23.6 Å². The van der Waals surface area contributed by atoms with Gasteiger partial charge in [-0.3, -0.25) is 10.1 Å². The summed E-state index contributed by atoms with van der Waals surface area (Å²) in [6.07, 6.45) is 0. The molecule has 2 heterocycles. The summed E-state index contributed by atoms with van der Waals surface area (Å²) in [5.41, 5.74) is 2.68. The van der Waals surface area contributed by atoms with Crippen LogP contribution in [0.15, 0.2) is 29.6 Å². The van der Waals surface area contributed by atoms with E-state index < -0.39 is 0 Å². The lowest BCUT2D eigenvalue weighted by molar-refractivity contribution is -0.114. The van der Waals surface area contributed by atoms with Gasteiger partial charge in [-0.2, -0.15) is 4.98 Å². The van der Waals surface area contributed by atoms with Crippen LogP contribution in [-0.2, 0) is 4.79 Å². The minimum atomic E-state index is -0.0932. The average Bonchev–Trinajstić information content (AvgIpc) is 3.07. The third-order valence-corrected chi connectivity index (χ3v) is 4.21. The molecule has 2 aromatic heterocycles. The zero-order valence-corrected chi connectivity index (χ0v) is 14.8. The largest absolute Gasteiger partial charge is 0.363 e. The van der Waals surface area contributed by atoms with Crippen LogP contribution in [0.1, 0.15) is 13.8 Å². The van der Waals surface area contributed by atoms with Crippen molar-refractivity contribution in [2.75, 3.05) is 17.2 Å². The molecular formula is C15H16N6OS2. The number of thiazole rings is 1. The van der Waals surface area contributed by atoms with Gasteiger partial charge in [-0.1, -0.05) is 12.1 Å². The molecule has 3 aromatic rings. The maximum Gasteiger partial charge on any atom is 0.250 e. The molecule has 3 N–H and O–H groups in total. The van der Waals surface area contributed by atoms with Crippen molar-refractivity contribution in [3.63, 3.8) is 0 Å². The lowest BCUT2D eigenvalue weighted by Gasteiger charge is -2.04. The molecule has 0 aliphatic rings. The lowest BCUT2D eigenvalue weighted by atomic mass is 10.1. The molecule has 124 valence electrons. The normalized spacial score (nSPS) is 10.6. The van der Waals surface area contributed by atoms with Gasteiger partial charge < -0.3 is 10.6 Å². The number of hydrogen-bond donors (Lipinski definition) is 3. The Bertz CT molecular complexity index is 883. The van der Waals surface area contributed by atoms with Crippen molar-refractivity contribution in [2.45, 2.75) is 13.8 Å². The van der Waals surface area contributed by atoms with Crippen LogP contribution in [0, 0.1) is 0 Å². The summed E-state index contributed by atoms with van der Waals surface area (Å²) < 4.78 is 1.77. The second kappa shape index (κ2) is 6.93. The van der Waals surface area contributed by atoms with E-state index in [2.05, 4.69) is 26.0 Å². The molecule has 0 aliphatic carbocycles. The number of benzene rings is 1. The van der Waals surface area contributed by atoms with E-state index in [0.717, 1.165) is 28.5 Å². The van der Waals surface area contributed by atoms with Gasteiger partial charge in [0.15, 0.2) is 5.11 Å². The van der Waals surface area contributed by atoms with E-state index in [4.69, 9.17) is 12.2 Å². The van der Waals surface area contributed by atoms with Gasteiger partial charge in [0.2, 0.25) is 16.8 Å². The highest BCUT2D eigenvalue weighted by atomic mass is 32.1. The molecule has 0 unspecified atom stereocenters. The van der Waals surface area contributed by atoms with E-state index in [9.17, 15) is 4.79 Å². The molecule has 7 nitrogen and oxygen atoms in total. The minimum absolute atomic E-state index is 0.0932. The summed E-state index contributed by atoms with van der Waals surface area (Å²) >= 11 is 6.65. The Hall–Kier alpha value is -2.52. The predicted molar refractivity (Wildman–Crippen MR) is 101 cm³/mol. The Kier molecular flexibility index (Phi) is 4.72. The van der Waals surface area contributed by atoms with E-state index in [-0.39, 0.29) is 5.91 Å². The van der Waals surface area contributed by atoms with Crippen molar-refractivity contribution < 1.29 is 4.79 Å². The first-order valence-corrected chi connectivity index (χ1v) is 8.62. The molecule has 0 fully saturated rings. The number of aromatic nitrogens is 3. The zero-order valence-electron chi connectivity index (χ0n) is 13.2. The molecule has 24 heavy (non-hydrogen) atoms. The SMILES string of the molecule is CCNC(=S)Nc1nc2scc(-c3ccc(NC(C)=O)cc3)n2n1. The Labute approximate surface area is 148 Å². The summed E-state index contributed by atoms with van der Waals surface area (Å²) in [6, 6.07) is 7.59. The van der Waals surface area contributed by atoms with E-state index in [0.29, 0.717) is 11.1 Å². The number of fused-ring (bicyclic) bond motifs is 1. The average molecular weight is 360 g/mol. The van der Waals surface area contributed by atoms with Crippen molar-refractivity contribution in [2.24, 2.45) is 0 Å². The molecule has 0 saturated heterocycles. The highest BCUT2D eigenvalue weighted by molar-refractivity contribution is 7.80. The Morgan fingerprint density at radius 2 is 2.04 bits per heavy atom. The third kappa shape index (κ3) is 3.52. The van der Waals surface area contributed by atoms with Crippen molar-refractivity contribution in [3.8, 4) is 11.3 Å². The van der Waals surface area contributed by atoms with Gasteiger partial charge >= 0.3 is 0 Å². The molecule has 9 heteroatoms. The van der Waals surface area contributed by atoms with Crippen LogP contribution in [0.25, 0.3) is 16.2 Å². The van der Waals surface area contributed by atoms with Crippen LogP contribution in [0.3, 0.4) is 0 Å². The molecule has 0 radical (unpaired) electrons. The number of rotatable bonds is 4. The third-order valence-electron chi connectivity index (χ3n) is 3.15. The molecule has 0 aliphatic heterocycles. The van der Waals surface area contributed by atoms with Gasteiger partial charge in [0.05, 0.1) is 5.69 Å². The van der Waals surface area contributed by atoms with Gasteiger partial charge in [0.25, 0.3) is 0 Å². The van der Waals surface area contributed by atoms with E-state index in [1.165, 1.54) is 18.3 Å². The number of amides is 1. The first-order valence-electron chi connectivity index (χ1n) is 7.34. The Morgan fingerprint density at radius 1 is 1.29 bits per heavy atom. The van der Waals surface area contributed by atoms with Gasteiger partial charge in [-0.15, -0.1) is 16.4 Å². The maximum atomic E-state index is 11.1. The summed E-state index contributed by atoms with van der Waals surface area (Å²) in [5, 5.41) is 15.7. The van der Waals surface area contributed by atoms with E-state index >= 15 is 0 Å². The first-order chi connectivity index (χ1) is 11.6. The number of hydrogen-bond acceptors (Lipinski definition) is 5. The van der Waals surface area contributed by atoms with Crippen LogP contribution in [0.4, 0.5) is 11.6 Å². The van der Waals surface area contributed by atoms with Gasteiger partial charge in [0, 0.05) is 30.1 Å². The highest BCUT2D eigenvalue weighted by Gasteiger charge is 2.12. The topological polar surface area (TPSA) is 83.4 Å². The predicted octanol–water partition coefficient (Wildman–Crippen LogP) is 2.72. The summed E-state index contributed by atoms with van der Waals surface area (Å²) in [6.45, 7) is 4.19. The summed E-state index contributed by atoms with van der Waals surface area (Å²) in [4.78, 5) is 16.3. The van der Waals surface area contributed by atoms with Crippen molar-refractivity contribution in [1.29, 1.82) is 0 Å². The molecule has 0 saturated carbocycles. The molecule has 0 spiro atoms. The standard InChI is InChI=1S/C15H16N6OS2/c1-3-16-14(23)18-13-19-15-21(20-13)12(8-24-15)10-4-6-11(7-5-10)17-9(2)22/h4-8H,3H2,1-2H3,(H,17,22)(H2,16,18,20,23). The van der Waals surface area contributed by atoms with Gasteiger partial charge in [0.1, 0.15) is 0 Å². The summed E-state index contributed by atoms with van der Waals surface area (Å²) in [7, 11) is 0. The van der Waals surface area contributed by atoms with Crippen molar-refractivity contribution in [3.05, 3.63) is 29.6 Å². The minimum Gasteiger partial charge on any atom is -0.363 e. The van der Waals surface area contributed by atoms with Crippen LogP contribution < -0.4 is 16.0 Å². The van der Waals surface area contributed by atoms with Crippen LogP contribution in [-0.4, -0.2) is 32.2 Å².